The fraction of sp³-hybridized carbons (Fsp3) is 0. The summed E-state index contributed by atoms with van der Waals surface area (Å²) in [5, 5.41) is 8.67. The largest absolute Gasteiger partial charge is 0.206 e. The Morgan fingerprint density at radius 2 is 1.68 bits per heavy atom. The molecule has 0 unspecified atom stereocenters. The second kappa shape index (κ2) is 6.32. The SMILES string of the molecule is N#Cc1ccc(/C(F)=C/C=C/c2ccccc2)cc1. The van der Waals surface area contributed by atoms with E-state index in [0.717, 1.165) is 5.56 Å². The van der Waals surface area contributed by atoms with Gasteiger partial charge in [0.25, 0.3) is 0 Å². The van der Waals surface area contributed by atoms with Gasteiger partial charge in [0.15, 0.2) is 0 Å². The Labute approximate surface area is 111 Å². The van der Waals surface area contributed by atoms with Crippen molar-refractivity contribution in [2.45, 2.75) is 0 Å². The van der Waals surface area contributed by atoms with Crippen LogP contribution in [0, 0.1) is 11.3 Å². The summed E-state index contributed by atoms with van der Waals surface area (Å²) in [5.74, 6) is -0.323. The van der Waals surface area contributed by atoms with Crippen molar-refractivity contribution >= 4 is 11.9 Å². The maximum Gasteiger partial charge on any atom is 0.130 e. The van der Waals surface area contributed by atoms with E-state index in [9.17, 15) is 4.39 Å². The number of nitriles is 1. The van der Waals surface area contributed by atoms with Crippen molar-refractivity contribution in [3.05, 3.63) is 83.4 Å². The van der Waals surface area contributed by atoms with E-state index in [-0.39, 0.29) is 5.83 Å². The van der Waals surface area contributed by atoms with Gasteiger partial charge in [-0.25, -0.2) is 4.39 Å². The quantitative estimate of drug-likeness (QED) is 0.730. The molecular formula is C17H12FN. The van der Waals surface area contributed by atoms with Crippen molar-refractivity contribution in [2.75, 3.05) is 0 Å². The third kappa shape index (κ3) is 3.65. The average Bonchev–Trinajstić information content (AvgIpc) is 2.48. The summed E-state index contributed by atoms with van der Waals surface area (Å²) in [5.41, 5.74) is 2.01. The molecule has 2 heteroatoms. The predicted octanol–water partition coefficient (Wildman–Crippen LogP) is 4.58. The van der Waals surface area contributed by atoms with Crippen LogP contribution in [0.3, 0.4) is 0 Å². The molecule has 19 heavy (non-hydrogen) atoms. The van der Waals surface area contributed by atoms with Crippen LogP contribution < -0.4 is 0 Å². The highest BCUT2D eigenvalue weighted by atomic mass is 19.1. The second-order valence-corrected chi connectivity index (χ2v) is 3.97. The van der Waals surface area contributed by atoms with Gasteiger partial charge >= 0.3 is 0 Å². The van der Waals surface area contributed by atoms with Gasteiger partial charge in [0.2, 0.25) is 0 Å². The van der Waals surface area contributed by atoms with E-state index in [1.807, 2.05) is 42.5 Å². The maximum atomic E-state index is 13.8. The highest BCUT2D eigenvalue weighted by Gasteiger charge is 1.98. The van der Waals surface area contributed by atoms with Crippen molar-refractivity contribution in [3.63, 3.8) is 0 Å². The van der Waals surface area contributed by atoms with E-state index >= 15 is 0 Å². The molecule has 2 aromatic rings. The topological polar surface area (TPSA) is 23.8 Å². The van der Waals surface area contributed by atoms with Crippen LogP contribution in [0.4, 0.5) is 4.39 Å². The molecule has 0 saturated carbocycles. The standard InChI is InChI=1S/C17H12FN/c18-17(16-11-9-15(13-19)10-12-16)8-4-7-14-5-2-1-3-6-14/h1-12H/b7-4+,17-8-. The molecule has 92 valence electrons. The number of rotatable bonds is 3. The number of hydrogen-bond donors (Lipinski definition) is 0. The van der Waals surface area contributed by atoms with Gasteiger partial charge in [0, 0.05) is 5.56 Å². The number of allylic oxidation sites excluding steroid dienone is 2. The van der Waals surface area contributed by atoms with E-state index in [4.69, 9.17) is 5.26 Å². The minimum absolute atomic E-state index is 0.323. The van der Waals surface area contributed by atoms with Crippen LogP contribution in [0.2, 0.25) is 0 Å². The Kier molecular flexibility index (Phi) is 4.25. The third-order valence-corrected chi connectivity index (χ3v) is 2.62. The monoisotopic (exact) mass is 249 g/mol. The van der Waals surface area contributed by atoms with Gasteiger partial charge in [-0.05, 0) is 23.8 Å². The van der Waals surface area contributed by atoms with Crippen LogP contribution in [0.15, 0.2) is 66.7 Å². The van der Waals surface area contributed by atoms with Crippen LogP contribution in [0.1, 0.15) is 16.7 Å². The molecule has 0 N–H and O–H groups in total. The summed E-state index contributed by atoms with van der Waals surface area (Å²) < 4.78 is 13.8. The summed E-state index contributed by atoms with van der Waals surface area (Å²) in [6.07, 6.45) is 4.92. The van der Waals surface area contributed by atoms with Gasteiger partial charge in [-0.15, -0.1) is 0 Å². The predicted molar refractivity (Wildman–Crippen MR) is 75.7 cm³/mol. The number of hydrogen-bond acceptors (Lipinski definition) is 1. The minimum Gasteiger partial charge on any atom is -0.206 e. The highest BCUT2D eigenvalue weighted by Crippen LogP contribution is 2.16. The van der Waals surface area contributed by atoms with Crippen molar-refractivity contribution in [3.8, 4) is 6.07 Å². The van der Waals surface area contributed by atoms with Gasteiger partial charge in [-0.2, -0.15) is 5.26 Å². The Morgan fingerprint density at radius 1 is 1.00 bits per heavy atom. The number of nitrogens with zero attached hydrogens (tertiary/aromatic N) is 1. The zero-order valence-corrected chi connectivity index (χ0v) is 10.3. The molecule has 0 amide bonds. The molecule has 0 saturated heterocycles. The first-order chi connectivity index (χ1) is 9.29. The molecule has 0 aromatic heterocycles. The number of halogens is 1. The molecular weight excluding hydrogens is 237 g/mol. The summed E-state index contributed by atoms with van der Waals surface area (Å²) in [6, 6.07) is 18.1. The van der Waals surface area contributed by atoms with Crippen LogP contribution in [-0.2, 0) is 0 Å². The molecule has 0 heterocycles. The van der Waals surface area contributed by atoms with E-state index in [1.165, 1.54) is 6.08 Å². The number of benzene rings is 2. The molecule has 0 fully saturated rings. The first-order valence-corrected chi connectivity index (χ1v) is 5.89. The highest BCUT2D eigenvalue weighted by molar-refractivity contribution is 5.63. The Balaban J connectivity index is 2.10. The lowest BCUT2D eigenvalue weighted by Gasteiger charge is -1.96. The molecule has 2 aromatic carbocycles. The normalized spacial score (nSPS) is 11.5. The van der Waals surface area contributed by atoms with Crippen molar-refractivity contribution < 1.29 is 4.39 Å². The Morgan fingerprint density at radius 3 is 2.32 bits per heavy atom. The zero-order chi connectivity index (χ0) is 13.5. The molecule has 0 aliphatic rings. The lowest BCUT2D eigenvalue weighted by molar-refractivity contribution is 0.760. The van der Waals surface area contributed by atoms with E-state index in [2.05, 4.69) is 0 Å². The van der Waals surface area contributed by atoms with Gasteiger partial charge in [-0.3, -0.25) is 0 Å². The first kappa shape index (κ1) is 12.8. The van der Waals surface area contributed by atoms with Gasteiger partial charge in [-0.1, -0.05) is 54.6 Å². The van der Waals surface area contributed by atoms with E-state index < -0.39 is 0 Å². The van der Waals surface area contributed by atoms with Crippen molar-refractivity contribution in [1.29, 1.82) is 5.26 Å². The zero-order valence-electron chi connectivity index (χ0n) is 10.3. The third-order valence-electron chi connectivity index (χ3n) is 2.62. The lowest BCUT2D eigenvalue weighted by Crippen LogP contribution is -1.79. The Hall–Kier alpha value is -2.66. The van der Waals surface area contributed by atoms with Gasteiger partial charge < -0.3 is 0 Å². The van der Waals surface area contributed by atoms with Crippen LogP contribution >= 0.6 is 0 Å². The van der Waals surface area contributed by atoms with Crippen molar-refractivity contribution in [1.82, 2.24) is 0 Å². The summed E-state index contributed by atoms with van der Waals surface area (Å²) >= 11 is 0. The fourth-order valence-corrected chi connectivity index (χ4v) is 1.61. The Bertz CT molecular complexity index is 631. The molecule has 0 spiro atoms. The minimum atomic E-state index is -0.323. The molecule has 1 nitrogen and oxygen atoms in total. The van der Waals surface area contributed by atoms with Gasteiger partial charge in [0.1, 0.15) is 5.83 Å². The van der Waals surface area contributed by atoms with Crippen molar-refractivity contribution in [2.24, 2.45) is 0 Å². The second-order valence-electron chi connectivity index (χ2n) is 3.97. The maximum absolute atomic E-state index is 13.8. The van der Waals surface area contributed by atoms with Crippen LogP contribution in [-0.4, -0.2) is 0 Å². The molecule has 0 atom stereocenters. The summed E-state index contributed by atoms with van der Waals surface area (Å²) in [4.78, 5) is 0. The van der Waals surface area contributed by atoms with E-state index in [0.29, 0.717) is 11.1 Å². The molecule has 2 rings (SSSR count). The summed E-state index contributed by atoms with van der Waals surface area (Å²) in [7, 11) is 0. The summed E-state index contributed by atoms with van der Waals surface area (Å²) in [6.45, 7) is 0. The first-order valence-electron chi connectivity index (χ1n) is 5.89. The van der Waals surface area contributed by atoms with Crippen LogP contribution in [0.5, 0.6) is 0 Å². The smallest absolute Gasteiger partial charge is 0.130 e. The molecule has 0 bridgehead atoms. The van der Waals surface area contributed by atoms with E-state index in [1.54, 1.807) is 30.3 Å². The van der Waals surface area contributed by atoms with Gasteiger partial charge in [0.05, 0.1) is 11.6 Å². The fourth-order valence-electron chi connectivity index (χ4n) is 1.61. The lowest BCUT2D eigenvalue weighted by atomic mass is 10.1. The average molecular weight is 249 g/mol. The molecule has 0 aliphatic carbocycles. The molecule has 0 aliphatic heterocycles. The molecule has 0 radical (unpaired) electrons. The van der Waals surface area contributed by atoms with Crippen LogP contribution in [0.25, 0.3) is 11.9 Å².